The van der Waals surface area contributed by atoms with Crippen molar-refractivity contribution in [3.63, 3.8) is 0 Å². The summed E-state index contributed by atoms with van der Waals surface area (Å²) in [7, 11) is 5.51. The number of halogens is 1. The first-order chi connectivity index (χ1) is 8.24. The van der Waals surface area contributed by atoms with Gasteiger partial charge in [-0.1, -0.05) is 0 Å². The molecule has 4 heteroatoms. The molecule has 0 fully saturated rings. The summed E-state index contributed by atoms with van der Waals surface area (Å²) in [5.41, 5.74) is 6.59. The van der Waals surface area contributed by atoms with E-state index in [4.69, 9.17) is 10.5 Å². The molecule has 1 aromatic carbocycles. The van der Waals surface area contributed by atoms with Crippen molar-refractivity contribution >= 4 is 0 Å². The van der Waals surface area contributed by atoms with Crippen LogP contribution >= 0.6 is 0 Å². The van der Waals surface area contributed by atoms with Crippen molar-refractivity contribution in [2.75, 3.05) is 21.2 Å². The number of hydrogen-bond donors (Lipinski definition) is 1. The number of methoxy groups -OCH3 is 1. The molecule has 1 rings (SSSR count). The third-order valence-corrected chi connectivity index (χ3v) is 2.89. The molecular formula is C14H23FN2O. The first kappa shape index (κ1) is 14.9. The summed E-state index contributed by atoms with van der Waals surface area (Å²) in [5.74, 6) is 0.437. The maximum Gasteiger partial charge on any atom is 0.123 e. The lowest BCUT2D eigenvalue weighted by Gasteiger charge is -2.32. The average molecular weight is 254 g/mol. The van der Waals surface area contributed by atoms with Gasteiger partial charge in [-0.15, -0.1) is 0 Å². The van der Waals surface area contributed by atoms with E-state index in [1.165, 1.54) is 12.1 Å². The Bertz CT molecular complexity index is 399. The first-order valence-electron chi connectivity index (χ1n) is 6.03. The highest BCUT2D eigenvalue weighted by atomic mass is 19.1. The maximum absolute atomic E-state index is 13.4. The van der Waals surface area contributed by atoms with Crippen molar-refractivity contribution in [3.05, 3.63) is 29.6 Å². The SMILES string of the molecule is COc1ccc(F)cc1C(CC(C)(C)N)N(C)C. The molecule has 3 nitrogen and oxygen atoms in total. The first-order valence-corrected chi connectivity index (χ1v) is 6.03. The normalized spacial score (nSPS) is 13.8. The minimum absolute atomic E-state index is 0.0237. The van der Waals surface area contributed by atoms with Crippen molar-refractivity contribution in [2.24, 2.45) is 5.73 Å². The van der Waals surface area contributed by atoms with Gasteiger partial charge in [-0.2, -0.15) is 0 Å². The van der Waals surface area contributed by atoms with Crippen LogP contribution in [-0.4, -0.2) is 31.6 Å². The van der Waals surface area contributed by atoms with Gasteiger partial charge in [0, 0.05) is 17.1 Å². The second kappa shape index (κ2) is 5.67. The highest BCUT2D eigenvalue weighted by Gasteiger charge is 2.25. The van der Waals surface area contributed by atoms with Gasteiger partial charge in [-0.3, -0.25) is 0 Å². The van der Waals surface area contributed by atoms with Crippen LogP contribution in [0, 0.1) is 5.82 Å². The molecular weight excluding hydrogens is 231 g/mol. The summed E-state index contributed by atoms with van der Waals surface area (Å²) in [6, 6.07) is 4.61. The molecule has 0 radical (unpaired) electrons. The summed E-state index contributed by atoms with van der Waals surface area (Å²) in [4.78, 5) is 2.03. The van der Waals surface area contributed by atoms with Gasteiger partial charge in [-0.05, 0) is 52.6 Å². The summed E-state index contributed by atoms with van der Waals surface area (Å²) in [5, 5.41) is 0. The standard InChI is InChI=1S/C14H23FN2O/c1-14(2,16)9-12(17(3)4)11-8-10(15)6-7-13(11)18-5/h6-8,12H,9,16H2,1-5H3. The lowest BCUT2D eigenvalue weighted by Crippen LogP contribution is -2.37. The molecule has 0 saturated heterocycles. The quantitative estimate of drug-likeness (QED) is 0.877. The molecule has 0 amide bonds. The van der Waals surface area contributed by atoms with Crippen LogP contribution in [-0.2, 0) is 0 Å². The van der Waals surface area contributed by atoms with E-state index in [1.54, 1.807) is 13.2 Å². The molecule has 0 aliphatic rings. The molecule has 0 saturated carbocycles. The van der Waals surface area contributed by atoms with E-state index in [9.17, 15) is 4.39 Å². The average Bonchev–Trinajstić information content (AvgIpc) is 2.24. The minimum atomic E-state index is -0.327. The molecule has 1 atom stereocenters. The van der Waals surface area contributed by atoms with Crippen LogP contribution in [0.3, 0.4) is 0 Å². The molecule has 0 spiro atoms. The van der Waals surface area contributed by atoms with E-state index in [-0.39, 0.29) is 17.4 Å². The Labute approximate surface area is 109 Å². The fourth-order valence-corrected chi connectivity index (χ4v) is 2.03. The zero-order chi connectivity index (χ0) is 13.9. The van der Waals surface area contributed by atoms with Crippen LogP contribution in [0.4, 0.5) is 4.39 Å². The molecule has 0 aliphatic heterocycles. The Kier molecular flexibility index (Phi) is 4.71. The van der Waals surface area contributed by atoms with E-state index in [0.29, 0.717) is 5.75 Å². The molecule has 1 aromatic rings. The molecule has 0 aromatic heterocycles. The number of hydrogen-bond acceptors (Lipinski definition) is 3. The second-order valence-corrected chi connectivity index (χ2v) is 5.56. The Morgan fingerprint density at radius 2 is 2.00 bits per heavy atom. The summed E-state index contributed by atoms with van der Waals surface area (Å²) < 4.78 is 18.7. The third kappa shape index (κ3) is 3.96. The van der Waals surface area contributed by atoms with Crippen molar-refractivity contribution in [2.45, 2.75) is 31.8 Å². The second-order valence-electron chi connectivity index (χ2n) is 5.56. The molecule has 2 N–H and O–H groups in total. The van der Waals surface area contributed by atoms with Gasteiger partial charge in [0.05, 0.1) is 7.11 Å². The van der Waals surface area contributed by atoms with Crippen LogP contribution in [0.5, 0.6) is 5.75 Å². The van der Waals surface area contributed by atoms with Crippen molar-refractivity contribution in [1.29, 1.82) is 0 Å². The third-order valence-electron chi connectivity index (χ3n) is 2.89. The van der Waals surface area contributed by atoms with Gasteiger partial charge < -0.3 is 15.4 Å². The van der Waals surface area contributed by atoms with Crippen molar-refractivity contribution < 1.29 is 9.13 Å². The molecule has 102 valence electrons. The largest absolute Gasteiger partial charge is 0.496 e. The molecule has 0 aliphatic carbocycles. The topological polar surface area (TPSA) is 38.5 Å². The van der Waals surface area contributed by atoms with Crippen LogP contribution in [0.25, 0.3) is 0 Å². The highest BCUT2D eigenvalue weighted by Crippen LogP contribution is 2.33. The summed E-state index contributed by atoms with van der Waals surface area (Å²) >= 11 is 0. The predicted octanol–water partition coefficient (Wildman–Crippen LogP) is 2.56. The molecule has 1 unspecified atom stereocenters. The van der Waals surface area contributed by atoms with Crippen LogP contribution in [0.15, 0.2) is 18.2 Å². The van der Waals surface area contributed by atoms with Gasteiger partial charge >= 0.3 is 0 Å². The van der Waals surface area contributed by atoms with Gasteiger partial charge in [0.25, 0.3) is 0 Å². The van der Waals surface area contributed by atoms with Crippen LogP contribution in [0.1, 0.15) is 31.9 Å². The molecule has 0 heterocycles. The minimum Gasteiger partial charge on any atom is -0.496 e. The Balaban J connectivity index is 3.16. The number of ether oxygens (including phenoxy) is 1. The van der Waals surface area contributed by atoms with Gasteiger partial charge in [0.2, 0.25) is 0 Å². The smallest absolute Gasteiger partial charge is 0.123 e. The van der Waals surface area contributed by atoms with E-state index >= 15 is 0 Å². The lowest BCUT2D eigenvalue weighted by molar-refractivity contribution is 0.236. The fraction of sp³-hybridized carbons (Fsp3) is 0.571. The van der Waals surface area contributed by atoms with Crippen molar-refractivity contribution in [1.82, 2.24) is 4.90 Å². The van der Waals surface area contributed by atoms with Gasteiger partial charge in [0.1, 0.15) is 11.6 Å². The number of benzene rings is 1. The summed E-state index contributed by atoms with van der Waals surface area (Å²) in [6.45, 7) is 3.94. The Hall–Kier alpha value is -1.13. The van der Waals surface area contributed by atoms with Gasteiger partial charge in [0.15, 0.2) is 0 Å². The Morgan fingerprint density at radius 1 is 1.39 bits per heavy atom. The maximum atomic E-state index is 13.4. The highest BCUT2D eigenvalue weighted by molar-refractivity contribution is 5.36. The fourth-order valence-electron chi connectivity index (χ4n) is 2.03. The Morgan fingerprint density at radius 3 is 2.44 bits per heavy atom. The van der Waals surface area contributed by atoms with E-state index < -0.39 is 0 Å². The van der Waals surface area contributed by atoms with Gasteiger partial charge in [-0.25, -0.2) is 4.39 Å². The van der Waals surface area contributed by atoms with Crippen LogP contribution in [0.2, 0.25) is 0 Å². The number of nitrogens with two attached hydrogens (primary N) is 1. The lowest BCUT2D eigenvalue weighted by atomic mass is 9.91. The molecule has 18 heavy (non-hydrogen) atoms. The number of rotatable bonds is 5. The van der Waals surface area contributed by atoms with E-state index in [1.807, 2.05) is 32.8 Å². The predicted molar refractivity (Wildman–Crippen MR) is 72.3 cm³/mol. The van der Waals surface area contributed by atoms with Crippen molar-refractivity contribution in [3.8, 4) is 5.75 Å². The zero-order valence-corrected chi connectivity index (χ0v) is 11.8. The van der Waals surface area contributed by atoms with E-state index in [2.05, 4.69) is 0 Å². The zero-order valence-electron chi connectivity index (χ0n) is 11.8. The number of nitrogens with zero attached hydrogens (tertiary/aromatic N) is 1. The summed E-state index contributed by atoms with van der Waals surface area (Å²) in [6.07, 6.45) is 0.722. The van der Waals surface area contributed by atoms with E-state index in [0.717, 1.165) is 12.0 Å². The monoisotopic (exact) mass is 254 g/mol. The molecule has 0 bridgehead atoms. The van der Waals surface area contributed by atoms with Crippen LogP contribution < -0.4 is 10.5 Å².